The molecule has 0 bridgehead atoms. The minimum atomic E-state index is -1.34. The van der Waals surface area contributed by atoms with Crippen LogP contribution in [0, 0.1) is 0 Å². The van der Waals surface area contributed by atoms with Gasteiger partial charge in [0.15, 0.2) is 11.9 Å². The van der Waals surface area contributed by atoms with E-state index in [0.717, 1.165) is 0 Å². The van der Waals surface area contributed by atoms with E-state index >= 15 is 0 Å². The Kier molecular flexibility index (Phi) is 2.92. The number of esters is 1. The Bertz CT molecular complexity index is 1100. The molecule has 0 radical (unpaired) electrons. The van der Waals surface area contributed by atoms with Gasteiger partial charge in [0.05, 0.1) is 5.56 Å². The number of carbonyl (C=O) groups is 2. The molecule has 6 nitrogen and oxygen atoms in total. The second-order valence-electron chi connectivity index (χ2n) is 6.42. The van der Waals surface area contributed by atoms with E-state index in [9.17, 15) is 19.8 Å². The molecule has 0 saturated heterocycles. The molecule has 2 heterocycles. The first kappa shape index (κ1) is 15.5. The topological polar surface area (TPSA) is 93.1 Å². The fraction of sp³-hybridized carbons (Fsp3) is 0.0476. The summed E-state index contributed by atoms with van der Waals surface area (Å²) in [5.41, 5.74) is 0.658. The van der Waals surface area contributed by atoms with Crippen LogP contribution in [-0.4, -0.2) is 22.5 Å². The number of carbonyl (C=O) groups excluding carboxylic acids is 2. The average molecular weight is 360 g/mol. The number of fused-ring (bicyclic) bond motifs is 6. The lowest BCUT2D eigenvalue weighted by atomic mass is 9.77. The SMILES string of the molecule is O=Cc1cccc2c1C(=O)OC21c2ccc(O)cc2Oc2cc(O)ccc21. The van der Waals surface area contributed by atoms with Crippen molar-refractivity contribution in [2.45, 2.75) is 5.60 Å². The molecule has 0 aromatic heterocycles. The Labute approximate surface area is 153 Å². The van der Waals surface area contributed by atoms with Gasteiger partial charge in [0.25, 0.3) is 0 Å². The van der Waals surface area contributed by atoms with E-state index in [4.69, 9.17) is 9.47 Å². The predicted octanol–water partition coefficient (Wildman–Crippen LogP) is 3.48. The number of hydrogen-bond donors (Lipinski definition) is 2. The molecular formula is C21H12O6. The van der Waals surface area contributed by atoms with E-state index < -0.39 is 11.6 Å². The molecule has 0 aliphatic carbocycles. The quantitative estimate of drug-likeness (QED) is 0.510. The largest absolute Gasteiger partial charge is 0.508 e. The maximum absolute atomic E-state index is 12.8. The van der Waals surface area contributed by atoms with Gasteiger partial charge in [0.1, 0.15) is 23.0 Å². The minimum Gasteiger partial charge on any atom is -0.508 e. The minimum absolute atomic E-state index is 0.0151. The summed E-state index contributed by atoms with van der Waals surface area (Å²) >= 11 is 0. The van der Waals surface area contributed by atoms with Crippen LogP contribution in [0.4, 0.5) is 0 Å². The number of benzene rings is 3. The second kappa shape index (κ2) is 5.11. The molecule has 0 unspecified atom stereocenters. The first-order chi connectivity index (χ1) is 13.0. The molecular weight excluding hydrogens is 348 g/mol. The highest BCUT2D eigenvalue weighted by Crippen LogP contribution is 2.57. The molecule has 6 heteroatoms. The summed E-state index contributed by atoms with van der Waals surface area (Å²) in [7, 11) is 0. The lowest BCUT2D eigenvalue weighted by molar-refractivity contribution is 0.0223. The molecule has 2 aliphatic heterocycles. The lowest BCUT2D eigenvalue weighted by Gasteiger charge is -2.36. The van der Waals surface area contributed by atoms with Crippen molar-refractivity contribution in [2.75, 3.05) is 0 Å². The zero-order valence-electron chi connectivity index (χ0n) is 13.8. The van der Waals surface area contributed by atoms with Gasteiger partial charge in [-0.05, 0) is 24.3 Å². The fourth-order valence-electron chi connectivity index (χ4n) is 3.87. The lowest BCUT2D eigenvalue weighted by Crippen LogP contribution is -2.32. The van der Waals surface area contributed by atoms with Crippen LogP contribution in [0.3, 0.4) is 0 Å². The normalized spacial score (nSPS) is 15.3. The second-order valence-corrected chi connectivity index (χ2v) is 6.42. The van der Waals surface area contributed by atoms with Gasteiger partial charge in [-0.15, -0.1) is 0 Å². The number of aldehydes is 1. The third-order valence-electron chi connectivity index (χ3n) is 4.96. The average Bonchev–Trinajstić information content (AvgIpc) is 2.95. The summed E-state index contributed by atoms with van der Waals surface area (Å²) in [6, 6.07) is 14.0. The highest BCUT2D eigenvalue weighted by atomic mass is 16.6. The highest BCUT2D eigenvalue weighted by Gasteiger charge is 2.54. The van der Waals surface area contributed by atoms with Gasteiger partial charge in [-0.25, -0.2) is 4.79 Å². The van der Waals surface area contributed by atoms with Crippen molar-refractivity contribution >= 4 is 12.3 Å². The summed E-state index contributed by atoms with van der Waals surface area (Å²) in [4.78, 5) is 24.2. The molecule has 5 rings (SSSR count). The summed E-state index contributed by atoms with van der Waals surface area (Å²) < 4.78 is 11.7. The standard InChI is InChI=1S/C21H12O6/c22-10-11-2-1-3-16-19(11)20(25)27-21(16)14-6-4-12(23)8-17(14)26-18-9-13(24)5-7-15(18)21/h1-10,23-24H. The van der Waals surface area contributed by atoms with E-state index in [1.165, 1.54) is 24.3 Å². The Morgan fingerprint density at radius 1 is 0.852 bits per heavy atom. The predicted molar refractivity (Wildman–Crippen MR) is 93.4 cm³/mol. The van der Waals surface area contributed by atoms with Gasteiger partial charge in [-0.3, -0.25) is 4.79 Å². The maximum Gasteiger partial charge on any atom is 0.340 e. The number of phenols is 2. The molecule has 0 atom stereocenters. The molecule has 3 aromatic rings. The summed E-state index contributed by atoms with van der Waals surface area (Å²) in [6.45, 7) is 0. The van der Waals surface area contributed by atoms with E-state index in [2.05, 4.69) is 0 Å². The maximum atomic E-state index is 12.8. The molecule has 1 spiro atoms. The van der Waals surface area contributed by atoms with E-state index in [1.807, 2.05) is 0 Å². The van der Waals surface area contributed by atoms with Gasteiger partial charge < -0.3 is 19.7 Å². The molecule has 132 valence electrons. The van der Waals surface area contributed by atoms with Crippen molar-refractivity contribution in [3.63, 3.8) is 0 Å². The monoisotopic (exact) mass is 360 g/mol. The fourth-order valence-corrected chi connectivity index (χ4v) is 3.87. The van der Waals surface area contributed by atoms with Crippen molar-refractivity contribution in [3.05, 3.63) is 82.4 Å². The van der Waals surface area contributed by atoms with Crippen molar-refractivity contribution in [2.24, 2.45) is 0 Å². The van der Waals surface area contributed by atoms with E-state index in [0.29, 0.717) is 34.5 Å². The van der Waals surface area contributed by atoms with Crippen LogP contribution >= 0.6 is 0 Å². The van der Waals surface area contributed by atoms with Crippen LogP contribution in [0.2, 0.25) is 0 Å². The van der Waals surface area contributed by atoms with Crippen molar-refractivity contribution < 1.29 is 29.3 Å². The van der Waals surface area contributed by atoms with Crippen LogP contribution in [-0.2, 0) is 10.3 Å². The van der Waals surface area contributed by atoms with E-state index in [1.54, 1.807) is 30.3 Å². The number of rotatable bonds is 1. The molecule has 3 aromatic carbocycles. The molecule has 0 amide bonds. The highest BCUT2D eigenvalue weighted by molar-refractivity contribution is 6.03. The Balaban J connectivity index is 1.92. The molecule has 0 saturated carbocycles. The third kappa shape index (κ3) is 1.89. The Morgan fingerprint density at radius 3 is 2.07 bits per heavy atom. The zero-order chi connectivity index (χ0) is 18.8. The van der Waals surface area contributed by atoms with Crippen LogP contribution in [0.1, 0.15) is 37.4 Å². The van der Waals surface area contributed by atoms with Gasteiger partial charge in [-0.1, -0.05) is 18.2 Å². The van der Waals surface area contributed by atoms with Gasteiger partial charge in [-0.2, -0.15) is 0 Å². The number of ether oxygens (including phenoxy) is 2. The summed E-state index contributed by atoms with van der Waals surface area (Å²) in [5.74, 6) is -0.0550. The Hall–Kier alpha value is -3.80. The molecule has 27 heavy (non-hydrogen) atoms. The molecule has 2 N–H and O–H groups in total. The van der Waals surface area contributed by atoms with Crippen LogP contribution in [0.25, 0.3) is 0 Å². The first-order valence-electron chi connectivity index (χ1n) is 8.21. The van der Waals surface area contributed by atoms with Crippen molar-refractivity contribution in [1.29, 1.82) is 0 Å². The van der Waals surface area contributed by atoms with E-state index in [-0.39, 0.29) is 22.6 Å². The van der Waals surface area contributed by atoms with Crippen LogP contribution in [0.15, 0.2) is 54.6 Å². The van der Waals surface area contributed by atoms with Crippen LogP contribution < -0.4 is 4.74 Å². The Morgan fingerprint density at radius 2 is 1.48 bits per heavy atom. The van der Waals surface area contributed by atoms with Gasteiger partial charge >= 0.3 is 5.97 Å². The zero-order valence-corrected chi connectivity index (χ0v) is 13.8. The first-order valence-corrected chi connectivity index (χ1v) is 8.21. The summed E-state index contributed by atoms with van der Waals surface area (Å²) in [5, 5.41) is 19.7. The summed E-state index contributed by atoms with van der Waals surface area (Å²) in [6.07, 6.45) is 0.619. The third-order valence-corrected chi connectivity index (χ3v) is 4.96. The smallest absolute Gasteiger partial charge is 0.340 e. The number of phenolic OH excluding ortho intramolecular Hbond substituents is 2. The molecule has 0 fully saturated rings. The molecule has 2 aliphatic rings. The van der Waals surface area contributed by atoms with Gasteiger partial charge in [0.2, 0.25) is 0 Å². The van der Waals surface area contributed by atoms with Gasteiger partial charge in [0, 0.05) is 34.4 Å². The van der Waals surface area contributed by atoms with Crippen molar-refractivity contribution in [3.8, 4) is 23.0 Å². The van der Waals surface area contributed by atoms with Crippen LogP contribution in [0.5, 0.6) is 23.0 Å². The number of hydrogen-bond acceptors (Lipinski definition) is 6. The number of aromatic hydroxyl groups is 2. The van der Waals surface area contributed by atoms with Crippen molar-refractivity contribution in [1.82, 2.24) is 0 Å².